The molecule has 0 aliphatic rings. The third-order valence-electron chi connectivity index (χ3n) is 2.17. The van der Waals surface area contributed by atoms with Gasteiger partial charge in [0.05, 0.1) is 16.7 Å². The minimum Gasteiger partial charge on any atom is -0.461 e. The van der Waals surface area contributed by atoms with Gasteiger partial charge >= 0.3 is 5.97 Å². The molecule has 0 saturated heterocycles. The number of nitrogens with zero attached hydrogens (tertiary/aromatic N) is 1. The molecule has 20 heavy (non-hydrogen) atoms. The molecule has 0 amide bonds. The van der Waals surface area contributed by atoms with Crippen LogP contribution in [0.1, 0.15) is 19.4 Å². The van der Waals surface area contributed by atoms with E-state index >= 15 is 0 Å². The van der Waals surface area contributed by atoms with Crippen LogP contribution in [0.2, 0.25) is 10.0 Å². The van der Waals surface area contributed by atoms with Gasteiger partial charge in [-0.3, -0.25) is 4.79 Å². The number of ketones is 1. The minimum absolute atomic E-state index is 0.0487. The number of hydrogen-bond acceptors (Lipinski definition) is 5. The lowest BCUT2D eigenvalue weighted by Crippen LogP contribution is -2.24. The van der Waals surface area contributed by atoms with Crippen LogP contribution in [0.3, 0.4) is 0 Å². The average Bonchev–Trinajstić information content (AvgIpc) is 2.38. The van der Waals surface area contributed by atoms with Crippen molar-refractivity contribution < 1.29 is 19.2 Å². The van der Waals surface area contributed by atoms with Crippen molar-refractivity contribution in [3.63, 3.8) is 0 Å². The first-order valence-corrected chi connectivity index (χ1v) is 6.53. The van der Waals surface area contributed by atoms with Crippen molar-refractivity contribution in [2.75, 3.05) is 6.61 Å². The number of rotatable bonds is 6. The zero-order valence-corrected chi connectivity index (χ0v) is 12.5. The zero-order chi connectivity index (χ0) is 15.1. The number of Topliss-reactive ketones (excluding diaryl/α,β-unsaturated/α-hetero) is 1. The van der Waals surface area contributed by atoms with Gasteiger partial charge in [-0.25, -0.2) is 4.79 Å². The molecule has 7 heteroatoms. The van der Waals surface area contributed by atoms with Crippen LogP contribution in [0, 0.1) is 0 Å². The third kappa shape index (κ3) is 4.83. The molecule has 0 atom stereocenters. The molecule has 108 valence electrons. The molecule has 5 nitrogen and oxygen atoms in total. The van der Waals surface area contributed by atoms with Gasteiger partial charge in [0, 0.05) is 6.92 Å². The van der Waals surface area contributed by atoms with Crippen LogP contribution in [-0.2, 0) is 25.8 Å². The summed E-state index contributed by atoms with van der Waals surface area (Å²) in [7, 11) is 0. The molecule has 0 radical (unpaired) electrons. The molecular weight excluding hydrogens is 305 g/mol. The Morgan fingerprint density at radius 1 is 1.25 bits per heavy atom. The molecule has 0 aliphatic carbocycles. The van der Waals surface area contributed by atoms with Gasteiger partial charge < -0.3 is 9.57 Å². The van der Waals surface area contributed by atoms with Gasteiger partial charge in [0.1, 0.15) is 6.61 Å². The van der Waals surface area contributed by atoms with Gasteiger partial charge in [0.25, 0.3) is 0 Å². The van der Waals surface area contributed by atoms with E-state index in [2.05, 4.69) is 5.16 Å². The highest BCUT2D eigenvalue weighted by molar-refractivity contribution is 6.63. The first kappa shape index (κ1) is 16.5. The van der Waals surface area contributed by atoms with E-state index in [-0.39, 0.29) is 18.9 Å². The van der Waals surface area contributed by atoms with Crippen LogP contribution < -0.4 is 0 Å². The predicted octanol–water partition coefficient (Wildman–Crippen LogP) is 3.02. The van der Waals surface area contributed by atoms with Crippen molar-refractivity contribution in [1.29, 1.82) is 0 Å². The summed E-state index contributed by atoms with van der Waals surface area (Å²) in [4.78, 5) is 27.7. The number of ether oxygens (including phenoxy) is 1. The van der Waals surface area contributed by atoms with Crippen molar-refractivity contribution in [3.05, 3.63) is 33.8 Å². The van der Waals surface area contributed by atoms with E-state index in [1.807, 2.05) is 0 Å². The summed E-state index contributed by atoms with van der Waals surface area (Å²) in [6.07, 6.45) is 0. The molecule has 0 N–H and O–H groups in total. The Hall–Kier alpha value is -1.59. The van der Waals surface area contributed by atoms with Gasteiger partial charge in [0.2, 0.25) is 5.71 Å². The number of benzene rings is 1. The molecule has 1 aromatic rings. The quantitative estimate of drug-likeness (QED) is 0.350. The second-order valence-corrected chi connectivity index (χ2v) is 4.55. The Labute approximate surface area is 126 Å². The molecule has 0 saturated carbocycles. The summed E-state index contributed by atoms with van der Waals surface area (Å²) in [5.74, 6) is -1.34. The Balaban J connectivity index is 2.71. The Morgan fingerprint density at radius 2 is 1.95 bits per heavy atom. The summed E-state index contributed by atoms with van der Waals surface area (Å²) in [6, 6.07) is 4.92. The van der Waals surface area contributed by atoms with Crippen LogP contribution in [0.5, 0.6) is 0 Å². The molecule has 1 rings (SSSR count). The van der Waals surface area contributed by atoms with Gasteiger partial charge in [-0.15, -0.1) is 0 Å². The zero-order valence-electron chi connectivity index (χ0n) is 11.0. The van der Waals surface area contributed by atoms with Crippen molar-refractivity contribution in [2.24, 2.45) is 5.16 Å². The van der Waals surface area contributed by atoms with E-state index in [4.69, 9.17) is 32.8 Å². The number of oxime groups is 1. The monoisotopic (exact) mass is 317 g/mol. The van der Waals surface area contributed by atoms with Crippen LogP contribution in [0.4, 0.5) is 0 Å². The maximum absolute atomic E-state index is 11.4. The van der Waals surface area contributed by atoms with Gasteiger partial charge in [-0.1, -0.05) is 34.4 Å². The Kier molecular flexibility index (Phi) is 6.48. The second-order valence-electron chi connectivity index (χ2n) is 3.74. The maximum atomic E-state index is 11.4. The van der Waals surface area contributed by atoms with Gasteiger partial charge in [-0.05, 0) is 24.6 Å². The van der Waals surface area contributed by atoms with Crippen LogP contribution in [0.15, 0.2) is 23.4 Å². The topological polar surface area (TPSA) is 65.0 Å². The van der Waals surface area contributed by atoms with Crippen molar-refractivity contribution >= 4 is 40.7 Å². The molecule has 0 heterocycles. The van der Waals surface area contributed by atoms with E-state index in [1.54, 1.807) is 25.1 Å². The molecular formula is C13H13Cl2NO4. The SMILES string of the molecule is CCOC(=O)/C(=N\OCc1ccc(Cl)c(Cl)c1)C(C)=O. The lowest BCUT2D eigenvalue weighted by molar-refractivity contribution is -0.136. The van der Waals surface area contributed by atoms with Crippen molar-refractivity contribution in [2.45, 2.75) is 20.5 Å². The van der Waals surface area contributed by atoms with E-state index in [0.717, 1.165) is 0 Å². The molecule has 0 unspecified atom stereocenters. The lowest BCUT2D eigenvalue weighted by Gasteiger charge is -2.04. The molecule has 0 bridgehead atoms. The number of carbonyl (C=O) groups is 2. The maximum Gasteiger partial charge on any atom is 0.364 e. The fourth-order valence-corrected chi connectivity index (χ4v) is 1.57. The highest BCUT2D eigenvalue weighted by atomic mass is 35.5. The normalized spacial score (nSPS) is 11.1. The summed E-state index contributed by atoms with van der Waals surface area (Å²) in [5.41, 5.74) is 0.321. The first-order chi connectivity index (χ1) is 9.45. The van der Waals surface area contributed by atoms with Crippen LogP contribution in [-0.4, -0.2) is 24.1 Å². The Morgan fingerprint density at radius 3 is 2.50 bits per heavy atom. The molecule has 0 aromatic heterocycles. The van der Waals surface area contributed by atoms with Gasteiger partial charge in [0.15, 0.2) is 5.78 Å². The Bertz CT molecular complexity index is 543. The fraction of sp³-hybridized carbons (Fsp3) is 0.308. The minimum atomic E-state index is -0.811. The van der Waals surface area contributed by atoms with Crippen molar-refractivity contribution in [3.8, 4) is 0 Å². The number of esters is 1. The summed E-state index contributed by atoms with van der Waals surface area (Å²) < 4.78 is 4.69. The summed E-state index contributed by atoms with van der Waals surface area (Å²) >= 11 is 11.6. The van der Waals surface area contributed by atoms with Crippen LogP contribution >= 0.6 is 23.2 Å². The highest BCUT2D eigenvalue weighted by Gasteiger charge is 2.18. The van der Waals surface area contributed by atoms with E-state index in [9.17, 15) is 9.59 Å². The second kappa shape index (κ2) is 7.87. The largest absolute Gasteiger partial charge is 0.461 e. The molecule has 0 aliphatic heterocycles. The molecule has 0 fully saturated rings. The average molecular weight is 318 g/mol. The smallest absolute Gasteiger partial charge is 0.364 e. The van der Waals surface area contributed by atoms with E-state index in [1.165, 1.54) is 6.92 Å². The number of carbonyl (C=O) groups excluding carboxylic acids is 2. The van der Waals surface area contributed by atoms with E-state index in [0.29, 0.717) is 15.6 Å². The first-order valence-electron chi connectivity index (χ1n) is 5.77. The summed E-state index contributed by atoms with van der Waals surface area (Å²) in [5, 5.41) is 4.31. The van der Waals surface area contributed by atoms with Crippen molar-refractivity contribution in [1.82, 2.24) is 0 Å². The molecule has 0 spiro atoms. The van der Waals surface area contributed by atoms with E-state index < -0.39 is 11.8 Å². The number of hydrogen-bond donors (Lipinski definition) is 0. The van der Waals surface area contributed by atoms with Gasteiger partial charge in [-0.2, -0.15) is 0 Å². The summed E-state index contributed by atoms with van der Waals surface area (Å²) in [6.45, 7) is 3.04. The van der Waals surface area contributed by atoms with Crippen LogP contribution in [0.25, 0.3) is 0 Å². The standard InChI is InChI=1S/C13H13Cl2NO4/c1-3-19-13(18)12(8(2)17)16-20-7-9-4-5-10(14)11(15)6-9/h4-6H,3,7H2,1-2H3/b16-12-. The third-order valence-corrected chi connectivity index (χ3v) is 2.91. The number of halogens is 2. The highest BCUT2D eigenvalue weighted by Crippen LogP contribution is 2.22. The predicted molar refractivity (Wildman–Crippen MR) is 76.0 cm³/mol. The molecule has 1 aromatic carbocycles. The fourth-order valence-electron chi connectivity index (χ4n) is 1.25. The lowest BCUT2D eigenvalue weighted by atomic mass is 10.2.